The number of imidazole rings is 1. The first-order valence-corrected chi connectivity index (χ1v) is 8.95. The van der Waals surface area contributed by atoms with Crippen molar-refractivity contribution < 1.29 is 9.32 Å². The van der Waals surface area contributed by atoms with Crippen molar-refractivity contribution in [3.05, 3.63) is 46.6 Å². The zero-order valence-electron chi connectivity index (χ0n) is 15.3. The van der Waals surface area contributed by atoms with Crippen molar-refractivity contribution >= 4 is 17.1 Å². The quantitative estimate of drug-likeness (QED) is 0.754. The average molecular weight is 353 g/mol. The number of nitrogens with one attached hydrogen (secondary N) is 2. The summed E-state index contributed by atoms with van der Waals surface area (Å²) < 4.78 is 5.37. The van der Waals surface area contributed by atoms with Crippen LogP contribution in [0.3, 0.4) is 0 Å². The third-order valence-corrected chi connectivity index (χ3v) is 5.12. The van der Waals surface area contributed by atoms with E-state index in [0.717, 1.165) is 46.7 Å². The molecule has 1 aromatic carbocycles. The van der Waals surface area contributed by atoms with E-state index in [0.29, 0.717) is 13.1 Å². The molecule has 1 saturated heterocycles. The Bertz CT molecular complexity index is 958. The van der Waals surface area contributed by atoms with Crippen LogP contribution in [-0.2, 0) is 6.54 Å². The summed E-state index contributed by atoms with van der Waals surface area (Å²) in [4.78, 5) is 22.4. The van der Waals surface area contributed by atoms with Crippen LogP contribution in [0.15, 0.2) is 22.7 Å². The number of hydrogen-bond acceptors (Lipinski definition) is 4. The number of benzene rings is 1. The molecule has 1 atom stereocenters. The largest absolute Gasteiger partial charge is 0.359 e. The zero-order chi connectivity index (χ0) is 18.3. The number of urea groups is 1. The number of hydrogen-bond donors (Lipinski definition) is 2. The van der Waals surface area contributed by atoms with E-state index in [1.807, 2.05) is 24.0 Å². The van der Waals surface area contributed by atoms with Gasteiger partial charge in [-0.05, 0) is 50.8 Å². The van der Waals surface area contributed by atoms with Gasteiger partial charge in [-0.25, -0.2) is 9.78 Å². The van der Waals surface area contributed by atoms with Crippen molar-refractivity contribution in [1.29, 1.82) is 0 Å². The maximum absolute atomic E-state index is 12.7. The summed E-state index contributed by atoms with van der Waals surface area (Å²) in [6.45, 7) is 7.11. The molecule has 0 radical (unpaired) electrons. The zero-order valence-corrected chi connectivity index (χ0v) is 15.3. The van der Waals surface area contributed by atoms with E-state index < -0.39 is 0 Å². The molecule has 3 heterocycles. The van der Waals surface area contributed by atoms with Gasteiger partial charge < -0.3 is 19.7 Å². The Morgan fingerprint density at radius 1 is 1.38 bits per heavy atom. The van der Waals surface area contributed by atoms with Crippen LogP contribution >= 0.6 is 0 Å². The number of rotatable bonds is 3. The molecule has 3 aromatic rings. The minimum absolute atomic E-state index is 0.0447. The van der Waals surface area contributed by atoms with Crippen molar-refractivity contribution in [3.63, 3.8) is 0 Å². The highest BCUT2D eigenvalue weighted by molar-refractivity contribution is 5.80. The monoisotopic (exact) mass is 353 g/mol. The summed E-state index contributed by atoms with van der Waals surface area (Å²) in [6.07, 6.45) is 1.85. The molecule has 2 N–H and O–H groups in total. The Hall–Kier alpha value is -2.83. The van der Waals surface area contributed by atoms with Gasteiger partial charge in [0.2, 0.25) is 0 Å². The molecule has 0 bridgehead atoms. The Balaban J connectivity index is 1.46. The third-order valence-electron chi connectivity index (χ3n) is 5.12. The molecule has 1 fully saturated rings. The normalized spacial score (nSPS) is 17.2. The lowest BCUT2D eigenvalue weighted by atomic mass is 10.1. The fraction of sp³-hybridized carbons (Fsp3) is 0.421. The van der Waals surface area contributed by atoms with E-state index in [1.165, 1.54) is 5.56 Å². The second-order valence-corrected chi connectivity index (χ2v) is 6.97. The standard InChI is InChI=1S/C19H23N5O2/c1-11-6-7-14-18(13(11)3)22-17(21-14)10-20-19(25)24-8-4-5-15(24)16-9-12(2)23-26-16/h6-7,9,15H,4-5,8,10H2,1-3H3,(H,20,25)(H,21,22)/t15-/m0/s1. The molecule has 1 aliphatic rings. The van der Waals surface area contributed by atoms with Crippen LogP contribution in [0.1, 0.15) is 47.3 Å². The lowest BCUT2D eigenvalue weighted by Crippen LogP contribution is -2.39. The Morgan fingerprint density at radius 2 is 2.23 bits per heavy atom. The van der Waals surface area contributed by atoms with E-state index in [2.05, 4.69) is 40.4 Å². The highest BCUT2D eigenvalue weighted by atomic mass is 16.5. The van der Waals surface area contributed by atoms with Gasteiger partial charge in [0, 0.05) is 12.6 Å². The van der Waals surface area contributed by atoms with Gasteiger partial charge in [0.05, 0.1) is 29.3 Å². The van der Waals surface area contributed by atoms with E-state index >= 15 is 0 Å². The molecule has 0 spiro atoms. The molecule has 136 valence electrons. The topological polar surface area (TPSA) is 87.0 Å². The van der Waals surface area contributed by atoms with Gasteiger partial charge in [-0.2, -0.15) is 0 Å². The first-order chi connectivity index (χ1) is 12.5. The fourth-order valence-electron chi connectivity index (χ4n) is 3.55. The SMILES string of the molecule is Cc1cc([C@@H]2CCCN2C(=O)NCc2nc3c(C)c(C)ccc3[nH]2)on1. The number of fused-ring (bicyclic) bond motifs is 1. The second-order valence-electron chi connectivity index (χ2n) is 6.97. The van der Waals surface area contributed by atoms with E-state index in [4.69, 9.17) is 4.52 Å². The minimum atomic E-state index is -0.102. The predicted molar refractivity (Wildman–Crippen MR) is 97.7 cm³/mol. The van der Waals surface area contributed by atoms with E-state index in [1.54, 1.807) is 0 Å². The summed E-state index contributed by atoms with van der Waals surface area (Å²) in [5.74, 6) is 1.51. The van der Waals surface area contributed by atoms with Gasteiger partial charge in [0.1, 0.15) is 5.82 Å². The Kier molecular flexibility index (Phi) is 4.14. The summed E-state index contributed by atoms with van der Waals surface area (Å²) in [7, 11) is 0. The van der Waals surface area contributed by atoms with Crippen molar-refractivity contribution in [2.75, 3.05) is 6.54 Å². The van der Waals surface area contributed by atoms with Crippen LogP contribution < -0.4 is 5.32 Å². The number of amides is 2. The van der Waals surface area contributed by atoms with Crippen LogP contribution in [0.5, 0.6) is 0 Å². The number of nitrogens with zero attached hydrogens (tertiary/aromatic N) is 3. The molecular weight excluding hydrogens is 330 g/mol. The molecular formula is C19H23N5O2. The number of likely N-dealkylation sites (tertiary alicyclic amines) is 1. The van der Waals surface area contributed by atoms with E-state index in [9.17, 15) is 4.79 Å². The van der Waals surface area contributed by atoms with Crippen LogP contribution in [-0.4, -0.2) is 32.6 Å². The maximum Gasteiger partial charge on any atom is 0.318 e. The number of aromatic nitrogens is 3. The minimum Gasteiger partial charge on any atom is -0.359 e. The molecule has 2 aromatic heterocycles. The van der Waals surface area contributed by atoms with Crippen LogP contribution in [0.25, 0.3) is 11.0 Å². The van der Waals surface area contributed by atoms with Gasteiger partial charge in [-0.3, -0.25) is 0 Å². The molecule has 4 rings (SSSR count). The highest BCUT2D eigenvalue weighted by Gasteiger charge is 2.32. The molecule has 7 heteroatoms. The lowest BCUT2D eigenvalue weighted by Gasteiger charge is -2.22. The molecule has 2 amide bonds. The summed E-state index contributed by atoms with van der Waals surface area (Å²) in [6, 6.07) is 5.86. The summed E-state index contributed by atoms with van der Waals surface area (Å²) in [5, 5.41) is 6.91. The fourth-order valence-corrected chi connectivity index (χ4v) is 3.55. The van der Waals surface area contributed by atoms with Crippen molar-refractivity contribution in [3.8, 4) is 0 Å². The smallest absolute Gasteiger partial charge is 0.318 e. The summed E-state index contributed by atoms with van der Waals surface area (Å²) >= 11 is 0. The van der Waals surface area contributed by atoms with Gasteiger partial charge in [-0.1, -0.05) is 11.2 Å². The number of carbonyl (C=O) groups excluding carboxylic acids is 1. The maximum atomic E-state index is 12.7. The molecule has 7 nitrogen and oxygen atoms in total. The van der Waals surface area contributed by atoms with Crippen LogP contribution in [0, 0.1) is 20.8 Å². The lowest BCUT2D eigenvalue weighted by molar-refractivity contribution is 0.181. The van der Waals surface area contributed by atoms with Gasteiger partial charge in [-0.15, -0.1) is 0 Å². The molecule has 0 unspecified atom stereocenters. The molecule has 0 aliphatic carbocycles. The Morgan fingerprint density at radius 3 is 3.00 bits per heavy atom. The van der Waals surface area contributed by atoms with Gasteiger partial charge >= 0.3 is 6.03 Å². The van der Waals surface area contributed by atoms with Crippen molar-refractivity contribution in [2.24, 2.45) is 0 Å². The van der Waals surface area contributed by atoms with Gasteiger partial charge in [0.15, 0.2) is 5.76 Å². The third kappa shape index (κ3) is 2.94. The number of carbonyl (C=O) groups is 1. The van der Waals surface area contributed by atoms with Crippen molar-refractivity contribution in [1.82, 2.24) is 25.3 Å². The number of H-pyrrole nitrogens is 1. The van der Waals surface area contributed by atoms with Crippen LogP contribution in [0.4, 0.5) is 4.79 Å². The van der Waals surface area contributed by atoms with Crippen molar-refractivity contribution in [2.45, 2.75) is 46.2 Å². The molecule has 26 heavy (non-hydrogen) atoms. The van der Waals surface area contributed by atoms with Gasteiger partial charge in [0.25, 0.3) is 0 Å². The molecule has 0 saturated carbocycles. The highest BCUT2D eigenvalue weighted by Crippen LogP contribution is 2.32. The molecule has 1 aliphatic heterocycles. The van der Waals surface area contributed by atoms with Crippen LogP contribution in [0.2, 0.25) is 0 Å². The number of aryl methyl sites for hydroxylation is 3. The predicted octanol–water partition coefficient (Wildman–Crippen LogP) is 3.52. The Labute approximate surface area is 151 Å². The summed E-state index contributed by atoms with van der Waals surface area (Å²) in [5.41, 5.74) is 5.16. The number of aromatic amines is 1. The average Bonchev–Trinajstić information content (AvgIpc) is 3.34. The first kappa shape index (κ1) is 16.6. The second kappa shape index (κ2) is 6.48. The first-order valence-electron chi connectivity index (χ1n) is 8.95. The van der Waals surface area contributed by atoms with E-state index in [-0.39, 0.29) is 12.1 Å².